The number of benzene rings is 2. The van der Waals surface area contributed by atoms with Gasteiger partial charge in [-0.15, -0.1) is 5.10 Å². The highest BCUT2D eigenvalue weighted by Gasteiger charge is 2.04. The second-order valence-corrected chi connectivity index (χ2v) is 4.30. The molecule has 0 atom stereocenters. The quantitative estimate of drug-likeness (QED) is 0.724. The molecule has 0 amide bonds. The molecule has 0 radical (unpaired) electrons. The van der Waals surface area contributed by atoms with Gasteiger partial charge in [-0.25, -0.2) is 4.68 Å². The zero-order valence-corrected chi connectivity index (χ0v) is 10.8. The zero-order chi connectivity index (χ0) is 13.8. The van der Waals surface area contributed by atoms with Crippen molar-refractivity contribution in [2.24, 2.45) is 0 Å². The molecule has 0 aliphatic heterocycles. The molecule has 0 aliphatic rings. The van der Waals surface area contributed by atoms with Gasteiger partial charge in [-0.2, -0.15) is 0 Å². The van der Waals surface area contributed by atoms with Crippen molar-refractivity contribution in [3.05, 3.63) is 65.0 Å². The summed E-state index contributed by atoms with van der Waals surface area (Å²) < 4.78 is 6.87. The van der Waals surface area contributed by atoms with Gasteiger partial charge in [-0.05, 0) is 24.3 Å². The van der Waals surface area contributed by atoms with E-state index in [1.165, 1.54) is 4.68 Å². The Bertz CT molecular complexity index is 769. The van der Waals surface area contributed by atoms with Gasteiger partial charge in [0.1, 0.15) is 17.9 Å². The van der Waals surface area contributed by atoms with Crippen LogP contribution in [0.15, 0.2) is 59.4 Å². The maximum Gasteiger partial charge on any atom is 0.277 e. The third-order valence-electron chi connectivity index (χ3n) is 2.94. The van der Waals surface area contributed by atoms with E-state index in [0.717, 1.165) is 5.75 Å². The van der Waals surface area contributed by atoms with Gasteiger partial charge in [0.2, 0.25) is 0 Å². The van der Waals surface area contributed by atoms with E-state index in [0.29, 0.717) is 24.1 Å². The molecule has 5 nitrogen and oxygen atoms in total. The van der Waals surface area contributed by atoms with Crippen molar-refractivity contribution in [1.82, 2.24) is 15.0 Å². The highest BCUT2D eigenvalue weighted by molar-refractivity contribution is 5.76. The highest BCUT2D eigenvalue weighted by atomic mass is 16.5. The Morgan fingerprint density at radius 1 is 1.00 bits per heavy atom. The predicted molar refractivity (Wildman–Crippen MR) is 75.7 cm³/mol. The van der Waals surface area contributed by atoms with E-state index < -0.39 is 0 Å². The normalized spacial score (nSPS) is 10.6. The molecule has 3 rings (SSSR count). The van der Waals surface area contributed by atoms with E-state index >= 15 is 0 Å². The van der Waals surface area contributed by atoms with Crippen LogP contribution in [0.1, 0.15) is 0 Å². The van der Waals surface area contributed by atoms with Crippen molar-refractivity contribution in [2.45, 2.75) is 6.54 Å². The van der Waals surface area contributed by atoms with Crippen molar-refractivity contribution < 1.29 is 4.74 Å². The Hall–Kier alpha value is -2.69. The number of nitrogens with zero attached hydrogens (tertiary/aromatic N) is 3. The number of para-hydroxylation sites is 1. The molecule has 0 unspecified atom stereocenters. The van der Waals surface area contributed by atoms with Gasteiger partial charge in [0.05, 0.1) is 11.9 Å². The summed E-state index contributed by atoms with van der Waals surface area (Å²) >= 11 is 0. The molecule has 0 fully saturated rings. The molecule has 0 saturated heterocycles. The van der Waals surface area contributed by atoms with E-state index in [-0.39, 0.29) is 5.56 Å². The second kappa shape index (κ2) is 5.52. The van der Waals surface area contributed by atoms with Crippen LogP contribution in [-0.4, -0.2) is 21.6 Å². The topological polar surface area (TPSA) is 57.0 Å². The summed E-state index contributed by atoms with van der Waals surface area (Å²) in [5.41, 5.74) is 0.463. The second-order valence-electron chi connectivity index (χ2n) is 4.30. The zero-order valence-electron chi connectivity index (χ0n) is 10.8. The fourth-order valence-electron chi connectivity index (χ4n) is 1.94. The number of hydrogen-bond acceptors (Lipinski definition) is 4. The number of rotatable bonds is 4. The van der Waals surface area contributed by atoms with Gasteiger partial charge >= 0.3 is 0 Å². The molecule has 0 spiro atoms. The van der Waals surface area contributed by atoms with Gasteiger partial charge in [0.15, 0.2) is 0 Å². The molecule has 5 heteroatoms. The molecule has 0 saturated carbocycles. The molecule has 1 heterocycles. The molecule has 0 N–H and O–H groups in total. The van der Waals surface area contributed by atoms with E-state index in [4.69, 9.17) is 4.74 Å². The maximum absolute atomic E-state index is 12.2. The molecule has 2 aromatic carbocycles. The van der Waals surface area contributed by atoms with E-state index in [1.807, 2.05) is 42.5 Å². The van der Waals surface area contributed by atoms with Gasteiger partial charge in [-0.3, -0.25) is 4.79 Å². The Morgan fingerprint density at radius 3 is 2.60 bits per heavy atom. The first kappa shape index (κ1) is 12.3. The van der Waals surface area contributed by atoms with Crippen LogP contribution in [-0.2, 0) is 6.54 Å². The predicted octanol–water partition coefficient (Wildman–Crippen LogP) is 1.87. The van der Waals surface area contributed by atoms with Crippen LogP contribution < -0.4 is 10.3 Å². The van der Waals surface area contributed by atoms with Crippen molar-refractivity contribution in [1.29, 1.82) is 0 Å². The highest BCUT2D eigenvalue weighted by Crippen LogP contribution is 2.08. The fraction of sp³-hybridized carbons (Fsp3) is 0.133. The summed E-state index contributed by atoms with van der Waals surface area (Å²) in [5, 5.41) is 8.51. The Kier molecular flexibility index (Phi) is 3.41. The maximum atomic E-state index is 12.2. The van der Waals surface area contributed by atoms with Crippen LogP contribution in [0.3, 0.4) is 0 Å². The Morgan fingerprint density at radius 2 is 1.75 bits per heavy atom. The van der Waals surface area contributed by atoms with E-state index in [1.54, 1.807) is 12.1 Å². The smallest absolute Gasteiger partial charge is 0.277 e. The van der Waals surface area contributed by atoms with Crippen LogP contribution in [0.2, 0.25) is 0 Å². The summed E-state index contributed by atoms with van der Waals surface area (Å²) in [6.45, 7) is 0.739. The molecule has 3 aromatic rings. The Labute approximate surface area is 115 Å². The van der Waals surface area contributed by atoms with Gasteiger partial charge in [0, 0.05) is 0 Å². The summed E-state index contributed by atoms with van der Waals surface area (Å²) in [4.78, 5) is 12.2. The summed E-state index contributed by atoms with van der Waals surface area (Å²) in [5.74, 6) is 0.772. The fourth-order valence-corrected chi connectivity index (χ4v) is 1.94. The molecule has 0 bridgehead atoms. The summed E-state index contributed by atoms with van der Waals surface area (Å²) in [6.07, 6.45) is 0. The molecule has 100 valence electrons. The van der Waals surface area contributed by atoms with Crippen molar-refractivity contribution >= 4 is 10.9 Å². The lowest BCUT2D eigenvalue weighted by atomic mass is 10.2. The Balaban J connectivity index is 1.75. The van der Waals surface area contributed by atoms with Crippen molar-refractivity contribution in [3.8, 4) is 5.75 Å². The number of aromatic nitrogens is 3. The average Bonchev–Trinajstić information content (AvgIpc) is 2.51. The lowest BCUT2D eigenvalue weighted by molar-refractivity contribution is 0.285. The van der Waals surface area contributed by atoms with Crippen molar-refractivity contribution in [3.63, 3.8) is 0 Å². The third-order valence-corrected chi connectivity index (χ3v) is 2.94. The molecular weight excluding hydrogens is 254 g/mol. The molecule has 20 heavy (non-hydrogen) atoms. The molecule has 1 aromatic heterocycles. The lowest BCUT2D eigenvalue weighted by Gasteiger charge is -2.07. The van der Waals surface area contributed by atoms with Crippen LogP contribution in [0.5, 0.6) is 5.75 Å². The number of hydrogen-bond donors (Lipinski definition) is 0. The lowest BCUT2D eigenvalue weighted by Crippen LogP contribution is -2.26. The monoisotopic (exact) mass is 267 g/mol. The summed E-state index contributed by atoms with van der Waals surface area (Å²) in [7, 11) is 0. The minimum atomic E-state index is -0.146. The standard InChI is InChI=1S/C15H13N3O2/c19-15-13-8-4-5-9-14(13)16-17-18(15)10-11-20-12-6-2-1-3-7-12/h1-9H,10-11H2. The van der Waals surface area contributed by atoms with Gasteiger partial charge in [-0.1, -0.05) is 35.5 Å². The van der Waals surface area contributed by atoms with Crippen LogP contribution in [0.4, 0.5) is 0 Å². The first-order valence-corrected chi connectivity index (χ1v) is 6.35. The first-order chi connectivity index (χ1) is 9.84. The first-order valence-electron chi connectivity index (χ1n) is 6.35. The SMILES string of the molecule is O=c1c2ccccc2nnn1CCOc1ccccc1. The van der Waals surface area contributed by atoms with E-state index in [2.05, 4.69) is 10.3 Å². The van der Waals surface area contributed by atoms with Crippen LogP contribution in [0.25, 0.3) is 10.9 Å². The van der Waals surface area contributed by atoms with Crippen molar-refractivity contribution in [2.75, 3.05) is 6.61 Å². The van der Waals surface area contributed by atoms with Gasteiger partial charge in [0.25, 0.3) is 5.56 Å². The third kappa shape index (κ3) is 2.51. The minimum Gasteiger partial charge on any atom is -0.492 e. The minimum absolute atomic E-state index is 0.146. The molecule has 0 aliphatic carbocycles. The van der Waals surface area contributed by atoms with Gasteiger partial charge < -0.3 is 4.74 Å². The van der Waals surface area contributed by atoms with Crippen LogP contribution >= 0.6 is 0 Å². The number of ether oxygens (including phenoxy) is 1. The average molecular weight is 267 g/mol. The van der Waals surface area contributed by atoms with Crippen LogP contribution in [0, 0.1) is 0 Å². The largest absolute Gasteiger partial charge is 0.492 e. The summed E-state index contributed by atoms with van der Waals surface area (Å²) in [6, 6.07) is 16.6. The number of fused-ring (bicyclic) bond motifs is 1. The molecular formula is C15H13N3O2. The van der Waals surface area contributed by atoms with E-state index in [9.17, 15) is 4.79 Å².